The number of carbonyl (C=O) groups excluding carboxylic acids is 2. The normalized spacial score (nSPS) is 20.8. The Labute approximate surface area is 202 Å². The topological polar surface area (TPSA) is 80.0 Å². The average Bonchev–Trinajstić information content (AvgIpc) is 3.54. The molecule has 0 aliphatic carbocycles. The van der Waals surface area contributed by atoms with Crippen molar-refractivity contribution in [2.24, 2.45) is 0 Å². The zero-order chi connectivity index (χ0) is 24.0. The fourth-order valence-corrected chi connectivity index (χ4v) is 4.93. The number of aliphatic hydroxyl groups excluding tert-OH is 1. The Bertz CT molecular complexity index is 1280. The van der Waals surface area contributed by atoms with Crippen LogP contribution >= 0.6 is 11.6 Å². The molecule has 176 valence electrons. The van der Waals surface area contributed by atoms with E-state index in [2.05, 4.69) is 13.8 Å². The van der Waals surface area contributed by atoms with Crippen LogP contribution in [0.15, 0.2) is 64.3 Å². The standard InChI is InChI=1S/C27H26ClNO5/c1-15(2)16-5-7-17(8-6-16)24-23(26(31)27(32)29(24)14-20-4-3-11-33-20)25(30)22-13-18-12-19(28)9-10-21(18)34-22/h5-10,12-13,15,20,24,31H,3-4,11,14H2,1-2H3. The van der Waals surface area contributed by atoms with E-state index in [1.807, 2.05) is 24.3 Å². The van der Waals surface area contributed by atoms with E-state index < -0.39 is 23.5 Å². The molecule has 6 nitrogen and oxygen atoms in total. The van der Waals surface area contributed by atoms with E-state index in [9.17, 15) is 14.7 Å². The molecule has 3 heterocycles. The summed E-state index contributed by atoms with van der Waals surface area (Å²) in [4.78, 5) is 28.4. The number of rotatable bonds is 6. The molecule has 2 aliphatic rings. The lowest BCUT2D eigenvalue weighted by molar-refractivity contribution is -0.131. The third-order valence-corrected chi connectivity index (χ3v) is 6.83. The molecule has 2 atom stereocenters. The molecule has 1 saturated heterocycles. The third-order valence-electron chi connectivity index (χ3n) is 6.59. The molecule has 7 heteroatoms. The fourth-order valence-electron chi connectivity index (χ4n) is 4.75. The van der Waals surface area contributed by atoms with Gasteiger partial charge in [0.25, 0.3) is 5.91 Å². The maximum Gasteiger partial charge on any atom is 0.290 e. The molecule has 1 amide bonds. The Kier molecular flexibility index (Phi) is 5.96. The summed E-state index contributed by atoms with van der Waals surface area (Å²) >= 11 is 6.08. The third kappa shape index (κ3) is 4.01. The second kappa shape index (κ2) is 8.93. The summed E-state index contributed by atoms with van der Waals surface area (Å²) in [6.45, 7) is 5.15. The molecule has 1 fully saturated rings. The Balaban J connectivity index is 1.56. The highest BCUT2D eigenvalue weighted by molar-refractivity contribution is 6.31. The van der Waals surface area contributed by atoms with Crippen molar-refractivity contribution in [3.8, 4) is 0 Å². The van der Waals surface area contributed by atoms with Crippen LogP contribution in [-0.2, 0) is 9.53 Å². The van der Waals surface area contributed by atoms with E-state index in [1.165, 1.54) is 0 Å². The number of benzene rings is 2. The number of amides is 1. The Morgan fingerprint density at radius 1 is 1.18 bits per heavy atom. The van der Waals surface area contributed by atoms with Crippen LogP contribution < -0.4 is 0 Å². The van der Waals surface area contributed by atoms with Gasteiger partial charge < -0.3 is 19.2 Å². The summed E-state index contributed by atoms with van der Waals surface area (Å²) in [5.74, 6) is -1.25. The molecular formula is C27H26ClNO5. The number of fused-ring (bicyclic) bond motifs is 1. The number of carbonyl (C=O) groups is 2. The molecular weight excluding hydrogens is 454 g/mol. The number of ether oxygens (including phenoxy) is 1. The maximum absolute atomic E-state index is 13.6. The van der Waals surface area contributed by atoms with Crippen molar-refractivity contribution >= 4 is 34.3 Å². The van der Waals surface area contributed by atoms with Crippen LogP contribution in [-0.4, -0.2) is 41.0 Å². The molecule has 2 unspecified atom stereocenters. The zero-order valence-corrected chi connectivity index (χ0v) is 19.8. The zero-order valence-electron chi connectivity index (χ0n) is 19.1. The largest absolute Gasteiger partial charge is 0.503 e. The highest BCUT2D eigenvalue weighted by Gasteiger charge is 2.45. The highest BCUT2D eigenvalue weighted by atomic mass is 35.5. The first kappa shape index (κ1) is 22.7. The summed E-state index contributed by atoms with van der Waals surface area (Å²) < 4.78 is 11.5. The summed E-state index contributed by atoms with van der Waals surface area (Å²) in [7, 11) is 0. The molecule has 0 spiro atoms. The second-order valence-corrected chi connectivity index (χ2v) is 9.64. The average molecular weight is 480 g/mol. The van der Waals surface area contributed by atoms with Gasteiger partial charge in [0.1, 0.15) is 5.58 Å². The van der Waals surface area contributed by atoms with Crippen LogP contribution in [0.4, 0.5) is 0 Å². The number of halogens is 1. The molecule has 2 aliphatic heterocycles. The van der Waals surface area contributed by atoms with Crippen LogP contribution in [0.25, 0.3) is 11.0 Å². The molecule has 0 radical (unpaired) electrons. The predicted molar refractivity (Wildman–Crippen MR) is 129 cm³/mol. The number of hydrogen-bond donors (Lipinski definition) is 1. The van der Waals surface area contributed by atoms with E-state index >= 15 is 0 Å². The monoisotopic (exact) mass is 479 g/mol. The minimum Gasteiger partial charge on any atom is -0.503 e. The van der Waals surface area contributed by atoms with Crippen LogP contribution in [0, 0.1) is 0 Å². The van der Waals surface area contributed by atoms with Gasteiger partial charge in [-0.25, -0.2) is 0 Å². The number of nitrogens with zero attached hydrogens (tertiary/aromatic N) is 1. The van der Waals surface area contributed by atoms with Crippen molar-refractivity contribution < 1.29 is 23.8 Å². The smallest absolute Gasteiger partial charge is 0.290 e. The first-order valence-electron chi connectivity index (χ1n) is 11.5. The minimum absolute atomic E-state index is 0.0189. The van der Waals surface area contributed by atoms with E-state index in [0.717, 1.165) is 24.0 Å². The fraction of sp³-hybridized carbons (Fsp3) is 0.333. The van der Waals surface area contributed by atoms with Gasteiger partial charge >= 0.3 is 0 Å². The van der Waals surface area contributed by atoms with E-state index in [1.54, 1.807) is 29.2 Å². The Hall–Kier alpha value is -3.09. The van der Waals surface area contributed by atoms with Gasteiger partial charge in [-0.15, -0.1) is 0 Å². The van der Waals surface area contributed by atoms with Gasteiger partial charge in [-0.2, -0.15) is 0 Å². The van der Waals surface area contributed by atoms with Crippen LogP contribution in [0.5, 0.6) is 0 Å². The number of aliphatic hydroxyl groups is 1. The first-order chi connectivity index (χ1) is 16.3. The number of furan rings is 1. The number of Topliss-reactive ketones (excluding diaryl/α,β-unsaturated/α-hetero) is 1. The van der Waals surface area contributed by atoms with Crippen molar-refractivity contribution in [2.75, 3.05) is 13.2 Å². The predicted octanol–water partition coefficient (Wildman–Crippen LogP) is 5.97. The summed E-state index contributed by atoms with van der Waals surface area (Å²) in [6, 6.07) is 13.8. The van der Waals surface area contributed by atoms with Gasteiger partial charge in [0, 0.05) is 23.6 Å². The first-order valence-corrected chi connectivity index (χ1v) is 11.9. The number of ketones is 1. The SMILES string of the molecule is CC(C)c1ccc(C2C(C(=O)c3cc4cc(Cl)ccc4o3)=C(O)C(=O)N2CC2CCCO2)cc1. The van der Waals surface area contributed by atoms with Gasteiger partial charge in [0.15, 0.2) is 11.5 Å². The summed E-state index contributed by atoms with van der Waals surface area (Å²) in [5, 5.41) is 12.1. The van der Waals surface area contributed by atoms with Crippen molar-refractivity contribution in [3.05, 3.63) is 81.8 Å². The van der Waals surface area contributed by atoms with E-state index in [-0.39, 0.29) is 17.4 Å². The maximum atomic E-state index is 13.6. The molecule has 34 heavy (non-hydrogen) atoms. The van der Waals surface area contributed by atoms with E-state index in [4.69, 9.17) is 20.8 Å². The number of hydrogen-bond acceptors (Lipinski definition) is 5. The van der Waals surface area contributed by atoms with Crippen LogP contribution in [0.2, 0.25) is 5.02 Å². The Morgan fingerprint density at radius 2 is 1.94 bits per heavy atom. The molecule has 0 saturated carbocycles. The van der Waals surface area contributed by atoms with Gasteiger partial charge in [0.05, 0.1) is 17.7 Å². The highest BCUT2D eigenvalue weighted by Crippen LogP contribution is 2.40. The van der Waals surface area contributed by atoms with Crippen molar-refractivity contribution in [1.29, 1.82) is 0 Å². The van der Waals surface area contributed by atoms with Gasteiger partial charge in [-0.3, -0.25) is 9.59 Å². The van der Waals surface area contributed by atoms with Gasteiger partial charge in [-0.05, 0) is 54.2 Å². The molecule has 1 N–H and O–H groups in total. The molecule has 2 aromatic carbocycles. The lowest BCUT2D eigenvalue weighted by atomic mass is 9.92. The quantitative estimate of drug-likeness (QED) is 0.441. The van der Waals surface area contributed by atoms with Crippen molar-refractivity contribution in [1.82, 2.24) is 4.90 Å². The minimum atomic E-state index is -0.734. The van der Waals surface area contributed by atoms with Crippen LogP contribution in [0.3, 0.4) is 0 Å². The van der Waals surface area contributed by atoms with Crippen molar-refractivity contribution in [3.63, 3.8) is 0 Å². The summed E-state index contributed by atoms with van der Waals surface area (Å²) in [5.41, 5.74) is 2.42. The lowest BCUT2D eigenvalue weighted by Crippen LogP contribution is -2.37. The molecule has 5 rings (SSSR count). The van der Waals surface area contributed by atoms with Crippen molar-refractivity contribution in [2.45, 2.75) is 44.8 Å². The molecule has 3 aromatic rings. The summed E-state index contributed by atoms with van der Waals surface area (Å²) in [6.07, 6.45) is 1.63. The molecule has 1 aromatic heterocycles. The Morgan fingerprint density at radius 3 is 2.62 bits per heavy atom. The van der Waals surface area contributed by atoms with Crippen LogP contribution in [0.1, 0.15) is 60.3 Å². The van der Waals surface area contributed by atoms with E-state index in [0.29, 0.717) is 35.1 Å². The van der Waals surface area contributed by atoms with Gasteiger partial charge in [-0.1, -0.05) is 49.7 Å². The molecule has 0 bridgehead atoms. The van der Waals surface area contributed by atoms with Gasteiger partial charge in [0.2, 0.25) is 5.78 Å². The second-order valence-electron chi connectivity index (χ2n) is 9.20. The lowest BCUT2D eigenvalue weighted by Gasteiger charge is -2.29.